The van der Waals surface area contributed by atoms with Crippen LogP contribution in [0.15, 0.2) is 52.3 Å². The van der Waals surface area contributed by atoms with Gasteiger partial charge in [-0.1, -0.05) is 17.4 Å². The first kappa shape index (κ1) is 18.7. The van der Waals surface area contributed by atoms with Crippen molar-refractivity contribution in [1.82, 2.24) is 9.88 Å². The lowest BCUT2D eigenvalue weighted by molar-refractivity contribution is 0.0746. The Hall–Kier alpha value is -1.70. The molecule has 0 aliphatic carbocycles. The molecule has 4 rings (SSSR count). The van der Waals surface area contributed by atoms with Gasteiger partial charge in [0, 0.05) is 41.5 Å². The molecule has 0 atom stereocenters. The van der Waals surface area contributed by atoms with E-state index < -0.39 is 0 Å². The number of fused-ring (bicyclic) bond motifs is 1. The van der Waals surface area contributed by atoms with Crippen molar-refractivity contribution in [3.63, 3.8) is 0 Å². The molecule has 1 saturated heterocycles. The lowest BCUT2D eigenvalue weighted by atomic mass is 10.2. The number of thiazole rings is 1. The standard InChI is InChI=1S/C20H21N3OS3/c1-25-15-5-3-4-14(12-15)19(24)22-8-10-23(11-9-22)20-21-17-7-6-16(26-2)13-18(17)27-20/h3-7,12-13H,8-11H2,1-2H3. The highest BCUT2D eigenvalue weighted by Crippen LogP contribution is 2.32. The van der Waals surface area contributed by atoms with Crippen LogP contribution in [-0.2, 0) is 0 Å². The van der Waals surface area contributed by atoms with Gasteiger partial charge in [-0.2, -0.15) is 0 Å². The lowest BCUT2D eigenvalue weighted by Gasteiger charge is -2.34. The smallest absolute Gasteiger partial charge is 0.254 e. The van der Waals surface area contributed by atoms with Crippen LogP contribution in [0.25, 0.3) is 10.2 Å². The molecule has 3 aromatic rings. The van der Waals surface area contributed by atoms with Gasteiger partial charge in [0.05, 0.1) is 10.2 Å². The maximum atomic E-state index is 12.8. The summed E-state index contributed by atoms with van der Waals surface area (Å²) >= 11 is 5.15. The minimum atomic E-state index is 0.125. The van der Waals surface area contributed by atoms with Crippen LogP contribution in [0.1, 0.15) is 10.4 Å². The number of carbonyl (C=O) groups is 1. The molecule has 7 heteroatoms. The van der Waals surface area contributed by atoms with Crippen molar-refractivity contribution in [2.24, 2.45) is 0 Å². The molecule has 1 aliphatic heterocycles. The lowest BCUT2D eigenvalue weighted by Crippen LogP contribution is -2.48. The highest BCUT2D eigenvalue weighted by Gasteiger charge is 2.24. The fourth-order valence-corrected chi connectivity index (χ4v) is 5.22. The molecule has 2 aromatic carbocycles. The van der Waals surface area contributed by atoms with E-state index in [-0.39, 0.29) is 5.91 Å². The largest absolute Gasteiger partial charge is 0.345 e. The SMILES string of the molecule is CSc1cccc(C(=O)N2CCN(c3nc4ccc(SC)cc4s3)CC2)c1. The zero-order valence-corrected chi connectivity index (χ0v) is 17.8. The summed E-state index contributed by atoms with van der Waals surface area (Å²) in [6.07, 6.45) is 4.12. The summed E-state index contributed by atoms with van der Waals surface area (Å²) in [6, 6.07) is 14.3. The number of piperazine rings is 1. The van der Waals surface area contributed by atoms with Crippen molar-refractivity contribution in [1.29, 1.82) is 0 Å². The molecule has 0 unspecified atom stereocenters. The molecular formula is C20H21N3OS3. The van der Waals surface area contributed by atoms with Crippen LogP contribution in [0.2, 0.25) is 0 Å². The molecule has 2 heterocycles. The van der Waals surface area contributed by atoms with Crippen molar-refractivity contribution >= 4 is 56.1 Å². The first-order chi connectivity index (χ1) is 13.2. The monoisotopic (exact) mass is 415 g/mol. The third kappa shape index (κ3) is 3.95. The highest BCUT2D eigenvalue weighted by atomic mass is 32.2. The van der Waals surface area contributed by atoms with Gasteiger partial charge in [0.1, 0.15) is 0 Å². The second-order valence-electron chi connectivity index (χ2n) is 6.34. The zero-order valence-electron chi connectivity index (χ0n) is 15.3. The third-order valence-corrected chi connectivity index (χ3v) is 7.27. The summed E-state index contributed by atoms with van der Waals surface area (Å²) in [5, 5.41) is 1.06. The molecule has 1 aliphatic rings. The van der Waals surface area contributed by atoms with Crippen LogP contribution < -0.4 is 4.90 Å². The number of hydrogen-bond donors (Lipinski definition) is 0. The van der Waals surface area contributed by atoms with Crippen LogP contribution in [0.4, 0.5) is 5.13 Å². The van der Waals surface area contributed by atoms with Gasteiger partial charge >= 0.3 is 0 Å². The Bertz CT molecular complexity index is 964. The Kier molecular flexibility index (Phi) is 5.61. The minimum absolute atomic E-state index is 0.125. The third-order valence-electron chi connectivity index (χ3n) is 4.74. The average Bonchev–Trinajstić information content (AvgIpc) is 3.16. The number of aromatic nitrogens is 1. The van der Waals surface area contributed by atoms with Crippen LogP contribution in [0.3, 0.4) is 0 Å². The van der Waals surface area contributed by atoms with E-state index in [2.05, 4.69) is 29.4 Å². The zero-order chi connectivity index (χ0) is 18.8. The van der Waals surface area contributed by atoms with E-state index in [0.717, 1.165) is 47.3 Å². The van der Waals surface area contributed by atoms with E-state index in [9.17, 15) is 4.79 Å². The van der Waals surface area contributed by atoms with Gasteiger partial charge in [-0.25, -0.2) is 4.98 Å². The van der Waals surface area contributed by atoms with Gasteiger partial charge < -0.3 is 9.80 Å². The van der Waals surface area contributed by atoms with Crippen molar-refractivity contribution < 1.29 is 4.79 Å². The molecule has 1 aromatic heterocycles. The molecule has 0 N–H and O–H groups in total. The number of anilines is 1. The Labute approximate surface area is 172 Å². The summed E-state index contributed by atoms with van der Waals surface area (Å²) in [7, 11) is 0. The van der Waals surface area contributed by atoms with Crippen LogP contribution in [0.5, 0.6) is 0 Å². The van der Waals surface area contributed by atoms with E-state index in [1.807, 2.05) is 35.4 Å². The predicted octanol–water partition coefficient (Wildman–Crippen LogP) is 4.70. The number of hydrogen-bond acceptors (Lipinski definition) is 6. The van der Waals surface area contributed by atoms with Gasteiger partial charge in [-0.15, -0.1) is 23.5 Å². The summed E-state index contributed by atoms with van der Waals surface area (Å²) < 4.78 is 1.23. The second kappa shape index (κ2) is 8.12. The normalized spacial score (nSPS) is 14.7. The second-order valence-corrected chi connectivity index (χ2v) is 9.11. The molecule has 140 valence electrons. The number of nitrogens with zero attached hydrogens (tertiary/aromatic N) is 3. The van der Waals surface area contributed by atoms with Crippen molar-refractivity contribution in [3.8, 4) is 0 Å². The minimum Gasteiger partial charge on any atom is -0.345 e. The molecule has 1 amide bonds. The number of carbonyl (C=O) groups excluding carboxylic acids is 1. The van der Waals surface area contributed by atoms with E-state index in [1.54, 1.807) is 34.9 Å². The summed E-state index contributed by atoms with van der Waals surface area (Å²) in [5.74, 6) is 0.125. The van der Waals surface area contributed by atoms with Crippen molar-refractivity contribution in [2.75, 3.05) is 43.6 Å². The van der Waals surface area contributed by atoms with Crippen molar-refractivity contribution in [3.05, 3.63) is 48.0 Å². The van der Waals surface area contributed by atoms with Crippen LogP contribution in [-0.4, -0.2) is 54.5 Å². The Balaban J connectivity index is 1.44. The first-order valence-corrected chi connectivity index (χ1v) is 12.1. The maximum Gasteiger partial charge on any atom is 0.254 e. The fourth-order valence-electron chi connectivity index (χ4n) is 3.19. The molecule has 0 radical (unpaired) electrons. The Morgan fingerprint density at radius 1 is 1.00 bits per heavy atom. The van der Waals surface area contributed by atoms with Crippen LogP contribution >= 0.6 is 34.9 Å². The van der Waals surface area contributed by atoms with Gasteiger partial charge in [-0.3, -0.25) is 4.79 Å². The van der Waals surface area contributed by atoms with Crippen molar-refractivity contribution in [2.45, 2.75) is 9.79 Å². The molecule has 0 saturated carbocycles. The highest BCUT2D eigenvalue weighted by molar-refractivity contribution is 7.98. The number of benzene rings is 2. The van der Waals surface area contributed by atoms with Crippen LogP contribution in [0, 0.1) is 0 Å². The number of thioether (sulfide) groups is 2. The Morgan fingerprint density at radius 3 is 2.48 bits per heavy atom. The quantitative estimate of drug-likeness (QED) is 0.577. The van der Waals surface area contributed by atoms with Gasteiger partial charge in [-0.05, 0) is 48.9 Å². The first-order valence-electron chi connectivity index (χ1n) is 8.81. The van der Waals surface area contributed by atoms with E-state index in [1.165, 1.54) is 9.60 Å². The molecule has 27 heavy (non-hydrogen) atoms. The molecule has 4 nitrogen and oxygen atoms in total. The van der Waals surface area contributed by atoms with Gasteiger partial charge in [0.2, 0.25) is 0 Å². The number of amides is 1. The molecule has 0 spiro atoms. The average molecular weight is 416 g/mol. The molecular weight excluding hydrogens is 394 g/mol. The van der Waals surface area contributed by atoms with E-state index in [0.29, 0.717) is 0 Å². The molecule has 0 bridgehead atoms. The summed E-state index contributed by atoms with van der Waals surface area (Å²) in [5.41, 5.74) is 1.83. The number of rotatable bonds is 4. The molecule has 1 fully saturated rings. The summed E-state index contributed by atoms with van der Waals surface area (Å²) in [6.45, 7) is 3.11. The predicted molar refractivity (Wildman–Crippen MR) is 118 cm³/mol. The van der Waals surface area contributed by atoms with Gasteiger partial charge in [0.15, 0.2) is 5.13 Å². The summed E-state index contributed by atoms with van der Waals surface area (Å²) in [4.78, 5) is 24.2. The van der Waals surface area contributed by atoms with Gasteiger partial charge in [0.25, 0.3) is 5.91 Å². The Morgan fingerprint density at radius 2 is 1.74 bits per heavy atom. The van der Waals surface area contributed by atoms with E-state index >= 15 is 0 Å². The fraction of sp³-hybridized carbons (Fsp3) is 0.300. The maximum absolute atomic E-state index is 12.8. The topological polar surface area (TPSA) is 36.4 Å². The van der Waals surface area contributed by atoms with E-state index in [4.69, 9.17) is 4.98 Å².